The van der Waals surface area contributed by atoms with Crippen molar-refractivity contribution in [2.24, 2.45) is 0 Å². The van der Waals surface area contributed by atoms with Crippen molar-refractivity contribution >= 4 is 23.3 Å². The van der Waals surface area contributed by atoms with Crippen molar-refractivity contribution in [1.29, 1.82) is 0 Å². The highest BCUT2D eigenvalue weighted by atomic mass is 16.3. The Morgan fingerprint density at radius 2 is 1.40 bits per heavy atom. The van der Waals surface area contributed by atoms with Crippen LogP contribution in [-0.2, 0) is 10.8 Å². The van der Waals surface area contributed by atoms with Crippen LogP contribution in [0.1, 0.15) is 102 Å². The van der Waals surface area contributed by atoms with Crippen molar-refractivity contribution < 1.29 is 14.7 Å². The topological polar surface area (TPSA) is 90.5 Å². The Bertz CT molecular complexity index is 982. The monoisotopic (exact) mass is 481 g/mol. The van der Waals surface area contributed by atoms with E-state index in [0.717, 1.165) is 24.0 Å². The molecule has 0 aromatic heterocycles. The fraction of sp³-hybridized carbons (Fsp3) is 0.517. The highest BCUT2D eigenvalue weighted by Gasteiger charge is 2.27. The van der Waals surface area contributed by atoms with Gasteiger partial charge in [0, 0.05) is 23.4 Å². The van der Waals surface area contributed by atoms with Gasteiger partial charge in [0.1, 0.15) is 5.75 Å². The molecule has 0 aliphatic heterocycles. The zero-order valence-corrected chi connectivity index (χ0v) is 22.5. The van der Waals surface area contributed by atoms with E-state index in [1.54, 1.807) is 24.3 Å². The van der Waals surface area contributed by atoms with Crippen molar-refractivity contribution in [2.75, 3.05) is 17.2 Å². The number of para-hydroxylation sites is 1. The molecule has 6 heteroatoms. The Morgan fingerprint density at radius 1 is 0.829 bits per heavy atom. The van der Waals surface area contributed by atoms with Crippen LogP contribution in [0.2, 0.25) is 0 Å². The Labute approximate surface area is 210 Å². The summed E-state index contributed by atoms with van der Waals surface area (Å²) in [5.41, 5.74) is 2.34. The summed E-state index contributed by atoms with van der Waals surface area (Å²) in [4.78, 5) is 25.6. The summed E-state index contributed by atoms with van der Waals surface area (Å²) < 4.78 is 0. The van der Waals surface area contributed by atoms with E-state index in [9.17, 15) is 14.7 Å². The summed E-state index contributed by atoms with van der Waals surface area (Å²) in [6.45, 7) is 15.0. The van der Waals surface area contributed by atoms with Gasteiger partial charge in [-0.3, -0.25) is 4.79 Å². The van der Waals surface area contributed by atoms with Crippen LogP contribution >= 0.6 is 0 Å². The Hall–Kier alpha value is -3.02. The molecule has 6 nitrogen and oxygen atoms in total. The number of hydrogen-bond acceptors (Lipinski definition) is 3. The van der Waals surface area contributed by atoms with Crippen LogP contribution < -0.4 is 16.0 Å². The molecule has 0 aliphatic rings. The van der Waals surface area contributed by atoms with Gasteiger partial charge in [-0.1, -0.05) is 86.3 Å². The first-order chi connectivity index (χ1) is 16.3. The van der Waals surface area contributed by atoms with Gasteiger partial charge in [0.2, 0.25) is 0 Å². The summed E-state index contributed by atoms with van der Waals surface area (Å²) in [6, 6.07) is 10.3. The lowest BCUT2D eigenvalue weighted by Crippen LogP contribution is -2.30. The number of benzene rings is 2. The minimum absolute atomic E-state index is 0.261. The van der Waals surface area contributed by atoms with Gasteiger partial charge < -0.3 is 21.1 Å². The molecule has 0 saturated heterocycles. The first-order valence-electron chi connectivity index (χ1n) is 12.7. The number of aromatic hydroxyl groups is 1. The Morgan fingerprint density at radius 3 is 1.97 bits per heavy atom. The molecule has 0 radical (unpaired) electrons. The third-order valence-electron chi connectivity index (χ3n) is 5.97. The second-order valence-electron chi connectivity index (χ2n) is 11.2. The Balaban J connectivity index is 2.19. The lowest BCUT2D eigenvalue weighted by Gasteiger charge is -2.28. The van der Waals surface area contributed by atoms with E-state index >= 15 is 0 Å². The molecule has 0 spiro atoms. The summed E-state index contributed by atoms with van der Waals surface area (Å²) in [5, 5.41) is 19.6. The number of unbranched alkanes of at least 4 members (excludes halogenated alkanes) is 4. The number of rotatable bonds is 9. The molecule has 0 aliphatic carbocycles. The highest BCUT2D eigenvalue weighted by molar-refractivity contribution is 6.10. The van der Waals surface area contributed by atoms with Crippen LogP contribution in [0.25, 0.3) is 0 Å². The van der Waals surface area contributed by atoms with Crippen LogP contribution in [0.4, 0.5) is 16.2 Å². The maximum absolute atomic E-state index is 13.2. The molecule has 35 heavy (non-hydrogen) atoms. The van der Waals surface area contributed by atoms with Gasteiger partial charge >= 0.3 is 6.03 Å². The average Bonchev–Trinajstić information content (AvgIpc) is 2.76. The fourth-order valence-electron chi connectivity index (χ4n) is 3.94. The number of hydrogen-bond donors (Lipinski definition) is 4. The third-order valence-corrected chi connectivity index (χ3v) is 5.97. The standard InChI is InChI=1S/C29H43N3O3/c1-8-9-10-11-14-17-30-27(35)32-24-16-13-12-15-21(24)26(34)31-20-18-22(28(2,3)4)25(33)23(19-20)29(5,6)7/h12-13,15-16,18-19,33H,8-11,14,17H2,1-7H3,(H,31,34)(H2,30,32,35). The summed E-state index contributed by atoms with van der Waals surface area (Å²) in [5.74, 6) is -0.0673. The number of urea groups is 1. The van der Waals surface area contributed by atoms with Crippen LogP contribution in [0.15, 0.2) is 36.4 Å². The number of phenolic OH excluding ortho intramolecular Hbond substituents is 1. The number of amides is 3. The van der Waals surface area contributed by atoms with Gasteiger partial charge in [0.15, 0.2) is 0 Å². The number of carbonyl (C=O) groups is 2. The fourth-order valence-corrected chi connectivity index (χ4v) is 3.94. The molecule has 3 amide bonds. The summed E-state index contributed by atoms with van der Waals surface area (Å²) in [7, 11) is 0. The minimum Gasteiger partial charge on any atom is -0.507 e. The molecule has 2 aromatic rings. The molecule has 2 rings (SSSR count). The van der Waals surface area contributed by atoms with E-state index in [0.29, 0.717) is 23.5 Å². The van der Waals surface area contributed by atoms with Crippen LogP contribution in [0, 0.1) is 0 Å². The van der Waals surface area contributed by atoms with Crippen LogP contribution in [-0.4, -0.2) is 23.6 Å². The first kappa shape index (κ1) is 28.2. The quantitative estimate of drug-likeness (QED) is 0.223. The van der Waals surface area contributed by atoms with E-state index in [1.165, 1.54) is 19.3 Å². The number of phenols is 1. The molecule has 0 fully saturated rings. The van der Waals surface area contributed by atoms with E-state index in [4.69, 9.17) is 0 Å². The molecule has 0 heterocycles. The minimum atomic E-state index is -0.328. The van der Waals surface area contributed by atoms with E-state index in [-0.39, 0.29) is 28.5 Å². The second-order valence-corrected chi connectivity index (χ2v) is 11.2. The predicted molar refractivity (Wildman–Crippen MR) is 146 cm³/mol. The second kappa shape index (κ2) is 12.1. The SMILES string of the molecule is CCCCCCCNC(=O)Nc1ccccc1C(=O)Nc1cc(C(C)(C)C)c(O)c(C(C)(C)C)c1. The van der Waals surface area contributed by atoms with E-state index < -0.39 is 0 Å². The summed E-state index contributed by atoms with van der Waals surface area (Å²) >= 11 is 0. The smallest absolute Gasteiger partial charge is 0.319 e. The maximum Gasteiger partial charge on any atom is 0.319 e. The molecule has 4 N–H and O–H groups in total. The Kier molecular flexibility index (Phi) is 9.75. The van der Waals surface area contributed by atoms with Crippen molar-refractivity contribution in [1.82, 2.24) is 5.32 Å². The average molecular weight is 482 g/mol. The van der Waals surface area contributed by atoms with Gasteiger partial charge in [0.05, 0.1) is 11.3 Å². The van der Waals surface area contributed by atoms with Crippen molar-refractivity contribution in [2.45, 2.75) is 91.4 Å². The number of anilines is 2. The zero-order valence-electron chi connectivity index (χ0n) is 22.5. The third kappa shape index (κ3) is 8.30. The number of nitrogens with one attached hydrogen (secondary N) is 3. The van der Waals surface area contributed by atoms with Gasteiger partial charge in [-0.15, -0.1) is 0 Å². The molecule has 192 valence electrons. The molecule has 0 bridgehead atoms. The van der Waals surface area contributed by atoms with Gasteiger partial charge in [-0.2, -0.15) is 0 Å². The highest BCUT2D eigenvalue weighted by Crippen LogP contribution is 2.41. The predicted octanol–water partition coefficient (Wildman–Crippen LogP) is 7.33. The first-order valence-corrected chi connectivity index (χ1v) is 12.7. The van der Waals surface area contributed by atoms with Crippen LogP contribution in [0.3, 0.4) is 0 Å². The molecule has 0 unspecified atom stereocenters. The van der Waals surface area contributed by atoms with Crippen molar-refractivity contribution in [3.05, 3.63) is 53.1 Å². The van der Waals surface area contributed by atoms with Gasteiger partial charge in [-0.05, 0) is 41.5 Å². The zero-order chi connectivity index (χ0) is 26.2. The van der Waals surface area contributed by atoms with Crippen LogP contribution in [0.5, 0.6) is 5.75 Å². The normalized spacial score (nSPS) is 11.7. The van der Waals surface area contributed by atoms with Crippen molar-refractivity contribution in [3.63, 3.8) is 0 Å². The molecular formula is C29H43N3O3. The molecular weight excluding hydrogens is 438 g/mol. The van der Waals surface area contributed by atoms with Gasteiger partial charge in [0.25, 0.3) is 5.91 Å². The molecule has 0 atom stereocenters. The molecule has 2 aromatic carbocycles. The lowest BCUT2D eigenvalue weighted by atomic mass is 9.79. The van der Waals surface area contributed by atoms with E-state index in [2.05, 4.69) is 22.9 Å². The lowest BCUT2D eigenvalue weighted by molar-refractivity contribution is 0.102. The largest absolute Gasteiger partial charge is 0.507 e. The van der Waals surface area contributed by atoms with Crippen molar-refractivity contribution in [3.8, 4) is 5.75 Å². The van der Waals surface area contributed by atoms with E-state index in [1.807, 2.05) is 53.7 Å². The maximum atomic E-state index is 13.2. The molecule has 0 saturated carbocycles. The van der Waals surface area contributed by atoms with Gasteiger partial charge in [-0.25, -0.2) is 4.79 Å². The summed E-state index contributed by atoms with van der Waals surface area (Å²) in [6.07, 6.45) is 5.60. The number of carbonyl (C=O) groups excluding carboxylic acids is 2.